The third kappa shape index (κ3) is 21.8. The molecular formula is C37H62N6O13. The molecule has 0 atom stereocenters. The number of nitrogens with zero attached hydrogens (tertiary/aromatic N) is 4. The van der Waals surface area contributed by atoms with Gasteiger partial charge in [0.25, 0.3) is 11.8 Å². The Balaban J connectivity index is 0.990. The summed E-state index contributed by atoms with van der Waals surface area (Å²) in [6.45, 7) is 11.5. The van der Waals surface area contributed by atoms with Crippen LogP contribution in [-0.4, -0.2) is 176 Å². The minimum atomic E-state index is -0.256. The van der Waals surface area contributed by atoms with Gasteiger partial charge in [0.2, 0.25) is 11.8 Å². The molecule has 0 radical (unpaired) electrons. The van der Waals surface area contributed by atoms with Gasteiger partial charge in [0.15, 0.2) is 0 Å². The Morgan fingerprint density at radius 1 is 0.661 bits per heavy atom. The third-order valence-corrected chi connectivity index (χ3v) is 8.66. The molecule has 1 aliphatic carbocycles. The number of rotatable bonds is 35. The van der Waals surface area contributed by atoms with Gasteiger partial charge in [-0.25, -0.2) is 4.68 Å². The number of hydrogen-bond donors (Lipinski definition) is 2. The molecule has 0 spiro atoms. The topological polar surface area (TPSA) is 209 Å². The fourth-order valence-electron chi connectivity index (χ4n) is 5.64. The third-order valence-electron chi connectivity index (χ3n) is 8.66. The van der Waals surface area contributed by atoms with E-state index >= 15 is 0 Å². The molecule has 1 saturated carbocycles. The fraction of sp³-hybridized carbons (Fsp3) is 0.784. The van der Waals surface area contributed by atoms with Crippen LogP contribution < -0.4 is 10.6 Å². The summed E-state index contributed by atoms with van der Waals surface area (Å²) >= 11 is 0. The van der Waals surface area contributed by atoms with Crippen molar-refractivity contribution in [2.24, 2.45) is 11.8 Å². The lowest BCUT2D eigenvalue weighted by molar-refractivity contribution is -0.138. The quantitative estimate of drug-likeness (QED) is 0.0680. The Kier molecular flexibility index (Phi) is 25.8. The monoisotopic (exact) mass is 798 g/mol. The number of nitrogens with one attached hydrogen (secondary N) is 2. The van der Waals surface area contributed by atoms with E-state index in [4.69, 9.17) is 42.6 Å². The van der Waals surface area contributed by atoms with Crippen molar-refractivity contribution in [2.75, 3.05) is 132 Å². The molecule has 19 nitrogen and oxygen atoms in total. The summed E-state index contributed by atoms with van der Waals surface area (Å²) in [5.41, 5.74) is 0.669. The molecule has 4 amide bonds. The Morgan fingerprint density at radius 3 is 1.64 bits per heavy atom. The van der Waals surface area contributed by atoms with Gasteiger partial charge in [0.05, 0.1) is 125 Å². The summed E-state index contributed by atoms with van der Waals surface area (Å²) in [4.78, 5) is 48.9. The standard InChI is InChI=1S/C37H62N6O13/c1-2-48-30-34(44)38-9-11-49-13-15-51-17-19-53-21-23-55-25-26-56-24-22-54-20-18-52-16-14-50-12-10-42-29-33(40-41-42)27-39-37(47)32-5-3-31(4-6-32)28-43-35(45)7-8-36(43)46/h7-8,29,31-32H,2-6,9-28,30H2,1H3,(H,38,44)(H,39,47). The van der Waals surface area contributed by atoms with E-state index in [0.717, 1.165) is 25.7 Å². The van der Waals surface area contributed by atoms with Gasteiger partial charge in [-0.15, -0.1) is 5.10 Å². The summed E-state index contributed by atoms with van der Waals surface area (Å²) < 4.78 is 50.6. The molecule has 318 valence electrons. The molecule has 2 N–H and O–H groups in total. The van der Waals surface area contributed by atoms with Gasteiger partial charge in [-0.3, -0.25) is 24.1 Å². The van der Waals surface area contributed by atoms with Crippen LogP contribution in [0.5, 0.6) is 0 Å². The molecule has 1 fully saturated rings. The number of aromatic nitrogens is 3. The Bertz CT molecular complexity index is 1240. The molecule has 1 aliphatic heterocycles. The van der Waals surface area contributed by atoms with Crippen LogP contribution in [0.2, 0.25) is 0 Å². The van der Waals surface area contributed by atoms with Crippen LogP contribution in [0.3, 0.4) is 0 Å². The molecule has 2 heterocycles. The first kappa shape index (κ1) is 47.0. The maximum absolute atomic E-state index is 12.7. The van der Waals surface area contributed by atoms with Crippen LogP contribution in [0, 0.1) is 11.8 Å². The van der Waals surface area contributed by atoms with Crippen molar-refractivity contribution in [2.45, 2.75) is 45.7 Å². The average molecular weight is 799 g/mol. The van der Waals surface area contributed by atoms with Crippen molar-refractivity contribution in [3.05, 3.63) is 24.0 Å². The Hall–Kier alpha value is -3.40. The highest BCUT2D eigenvalue weighted by molar-refractivity contribution is 6.12. The van der Waals surface area contributed by atoms with Gasteiger partial charge in [-0.05, 0) is 38.5 Å². The minimum Gasteiger partial charge on any atom is -0.377 e. The maximum Gasteiger partial charge on any atom is 0.253 e. The van der Waals surface area contributed by atoms with E-state index in [1.807, 2.05) is 6.92 Å². The summed E-state index contributed by atoms with van der Waals surface area (Å²) in [5.74, 6) is -0.529. The SMILES string of the molecule is CCOCC(=O)NCCOCCOCCOCCOCCOCCOCCOCCOCCn1cc(CNC(=O)C2CCC(CN3C(=O)C=CC3=O)CC2)nn1. The van der Waals surface area contributed by atoms with Crippen LogP contribution in [0.4, 0.5) is 0 Å². The van der Waals surface area contributed by atoms with E-state index in [-0.39, 0.29) is 42.1 Å². The van der Waals surface area contributed by atoms with Gasteiger partial charge in [0, 0.05) is 37.8 Å². The van der Waals surface area contributed by atoms with Crippen LogP contribution in [0.25, 0.3) is 0 Å². The van der Waals surface area contributed by atoms with Gasteiger partial charge >= 0.3 is 0 Å². The predicted octanol–water partition coefficient (Wildman–Crippen LogP) is -0.0888. The first-order chi connectivity index (χ1) is 27.5. The molecule has 0 aromatic carbocycles. The number of carbonyl (C=O) groups is 4. The Morgan fingerprint density at radius 2 is 1.14 bits per heavy atom. The molecule has 3 rings (SSSR count). The predicted molar refractivity (Wildman–Crippen MR) is 199 cm³/mol. The summed E-state index contributed by atoms with van der Waals surface area (Å²) in [5, 5.41) is 13.9. The van der Waals surface area contributed by atoms with E-state index in [0.29, 0.717) is 144 Å². The summed E-state index contributed by atoms with van der Waals surface area (Å²) in [6, 6.07) is 0. The van der Waals surface area contributed by atoms with Crippen molar-refractivity contribution in [3.8, 4) is 0 Å². The van der Waals surface area contributed by atoms with E-state index in [1.165, 1.54) is 17.1 Å². The van der Waals surface area contributed by atoms with Crippen molar-refractivity contribution in [1.29, 1.82) is 0 Å². The van der Waals surface area contributed by atoms with Crippen LogP contribution in [-0.2, 0) is 74.9 Å². The molecule has 1 aromatic rings. The van der Waals surface area contributed by atoms with Crippen molar-refractivity contribution >= 4 is 23.6 Å². The van der Waals surface area contributed by atoms with Crippen molar-refractivity contribution in [3.63, 3.8) is 0 Å². The number of ether oxygens (including phenoxy) is 9. The average Bonchev–Trinajstić information content (AvgIpc) is 3.80. The molecule has 1 aromatic heterocycles. The fourth-order valence-corrected chi connectivity index (χ4v) is 5.64. The zero-order chi connectivity index (χ0) is 39.9. The van der Waals surface area contributed by atoms with Crippen LogP contribution in [0.1, 0.15) is 38.3 Å². The molecular weight excluding hydrogens is 736 g/mol. The zero-order valence-corrected chi connectivity index (χ0v) is 32.9. The van der Waals surface area contributed by atoms with Gasteiger partial charge in [-0.1, -0.05) is 5.21 Å². The van der Waals surface area contributed by atoms with Crippen molar-refractivity contribution in [1.82, 2.24) is 30.5 Å². The molecule has 2 aliphatic rings. The smallest absolute Gasteiger partial charge is 0.253 e. The van der Waals surface area contributed by atoms with Gasteiger partial charge in [-0.2, -0.15) is 0 Å². The largest absolute Gasteiger partial charge is 0.377 e. The number of carbonyl (C=O) groups excluding carboxylic acids is 4. The van der Waals surface area contributed by atoms with E-state index < -0.39 is 0 Å². The molecule has 56 heavy (non-hydrogen) atoms. The lowest BCUT2D eigenvalue weighted by Gasteiger charge is -2.29. The highest BCUT2D eigenvalue weighted by atomic mass is 16.6. The number of amides is 4. The number of hydrogen-bond acceptors (Lipinski definition) is 15. The van der Waals surface area contributed by atoms with Crippen LogP contribution in [0.15, 0.2) is 18.3 Å². The molecule has 0 bridgehead atoms. The van der Waals surface area contributed by atoms with Gasteiger partial charge in [0.1, 0.15) is 12.3 Å². The highest BCUT2D eigenvalue weighted by Gasteiger charge is 2.31. The maximum atomic E-state index is 12.7. The summed E-state index contributed by atoms with van der Waals surface area (Å²) in [7, 11) is 0. The second-order valence-electron chi connectivity index (χ2n) is 12.9. The zero-order valence-electron chi connectivity index (χ0n) is 32.9. The van der Waals surface area contributed by atoms with Crippen molar-refractivity contribution < 1.29 is 61.8 Å². The Labute approximate surface area is 329 Å². The van der Waals surface area contributed by atoms with Gasteiger partial charge < -0.3 is 53.3 Å². The second kappa shape index (κ2) is 30.7. The summed E-state index contributed by atoms with van der Waals surface area (Å²) in [6.07, 6.45) is 7.46. The lowest BCUT2D eigenvalue weighted by Crippen LogP contribution is -2.38. The first-order valence-corrected chi connectivity index (χ1v) is 19.6. The van der Waals surface area contributed by atoms with E-state index in [2.05, 4.69) is 20.9 Å². The lowest BCUT2D eigenvalue weighted by atomic mass is 9.81. The van der Waals surface area contributed by atoms with E-state index in [9.17, 15) is 19.2 Å². The normalized spacial score (nSPS) is 16.9. The first-order valence-electron chi connectivity index (χ1n) is 19.6. The number of imide groups is 1. The molecule has 19 heteroatoms. The molecule has 0 unspecified atom stereocenters. The second-order valence-corrected chi connectivity index (χ2v) is 12.9. The van der Waals surface area contributed by atoms with Crippen LogP contribution >= 0.6 is 0 Å². The highest BCUT2D eigenvalue weighted by Crippen LogP contribution is 2.30. The minimum absolute atomic E-state index is 0.00966. The molecule has 0 saturated heterocycles. The van der Waals surface area contributed by atoms with E-state index in [1.54, 1.807) is 10.9 Å².